The number of alkyl halides is 2. The Bertz CT molecular complexity index is 496. The van der Waals surface area contributed by atoms with Crippen LogP contribution in [0.4, 0.5) is 8.78 Å². The average Bonchev–Trinajstić information content (AvgIpc) is 2.27. The molecule has 0 amide bonds. The molecule has 1 rings (SSSR count). The van der Waals surface area contributed by atoms with Crippen molar-refractivity contribution in [3.63, 3.8) is 0 Å². The molecule has 0 aromatic carbocycles. The summed E-state index contributed by atoms with van der Waals surface area (Å²) in [4.78, 5) is 15.1. The zero-order valence-corrected chi connectivity index (χ0v) is 10.0. The van der Waals surface area contributed by atoms with Crippen LogP contribution in [0.2, 0.25) is 0 Å². The van der Waals surface area contributed by atoms with Gasteiger partial charge in [0.15, 0.2) is 0 Å². The second-order valence-corrected chi connectivity index (χ2v) is 3.55. The first-order chi connectivity index (χ1) is 8.49. The van der Waals surface area contributed by atoms with Crippen molar-refractivity contribution in [2.24, 2.45) is 0 Å². The third-order valence-corrected chi connectivity index (χ3v) is 2.27. The van der Waals surface area contributed by atoms with Gasteiger partial charge in [0.1, 0.15) is 0 Å². The maximum Gasteiger partial charge on any atom is 0.311 e. The van der Waals surface area contributed by atoms with E-state index in [2.05, 4.69) is 4.98 Å². The smallest absolute Gasteiger partial charge is 0.311 e. The van der Waals surface area contributed by atoms with Crippen LogP contribution in [-0.4, -0.2) is 17.6 Å². The van der Waals surface area contributed by atoms with Crippen LogP contribution < -0.4 is 0 Å². The quantitative estimate of drug-likeness (QED) is 0.773. The second kappa shape index (κ2) is 6.05. The van der Waals surface area contributed by atoms with Crippen molar-refractivity contribution in [2.45, 2.75) is 26.7 Å². The maximum atomic E-state index is 12.7. The Morgan fingerprint density at radius 1 is 1.61 bits per heavy atom. The molecule has 0 bridgehead atoms. The molecule has 0 saturated heterocycles. The number of hydrogen-bond acceptors (Lipinski definition) is 4. The molecule has 1 heterocycles. The van der Waals surface area contributed by atoms with Crippen molar-refractivity contribution >= 4 is 5.97 Å². The first-order valence-electron chi connectivity index (χ1n) is 5.33. The lowest BCUT2D eigenvalue weighted by Gasteiger charge is -2.09. The summed E-state index contributed by atoms with van der Waals surface area (Å²) in [6.45, 7) is 3.28. The Morgan fingerprint density at radius 2 is 2.28 bits per heavy atom. The number of nitrogens with zero attached hydrogens (tertiary/aromatic N) is 2. The van der Waals surface area contributed by atoms with E-state index in [0.29, 0.717) is 0 Å². The fourth-order valence-electron chi connectivity index (χ4n) is 1.57. The summed E-state index contributed by atoms with van der Waals surface area (Å²) in [7, 11) is 0. The molecular formula is C12H12F2N2O2. The SMILES string of the molecule is CCOC(=O)Cc1cc(C#N)c(C(F)F)c(C)n1. The van der Waals surface area contributed by atoms with Crippen molar-refractivity contribution in [1.82, 2.24) is 4.98 Å². The first-order valence-corrected chi connectivity index (χ1v) is 5.33. The predicted octanol–water partition coefficient (Wildman–Crippen LogP) is 2.30. The van der Waals surface area contributed by atoms with Gasteiger partial charge in [-0.2, -0.15) is 5.26 Å². The van der Waals surface area contributed by atoms with E-state index >= 15 is 0 Å². The highest BCUT2D eigenvalue weighted by atomic mass is 19.3. The highest BCUT2D eigenvalue weighted by molar-refractivity contribution is 5.72. The van der Waals surface area contributed by atoms with E-state index in [-0.39, 0.29) is 35.5 Å². The lowest BCUT2D eigenvalue weighted by atomic mass is 10.1. The highest BCUT2D eigenvalue weighted by Gasteiger charge is 2.19. The van der Waals surface area contributed by atoms with E-state index < -0.39 is 12.4 Å². The van der Waals surface area contributed by atoms with Gasteiger partial charge < -0.3 is 4.74 Å². The van der Waals surface area contributed by atoms with Crippen molar-refractivity contribution in [1.29, 1.82) is 5.26 Å². The van der Waals surface area contributed by atoms with Gasteiger partial charge in [0, 0.05) is 5.69 Å². The van der Waals surface area contributed by atoms with E-state index in [0.717, 1.165) is 0 Å². The van der Waals surface area contributed by atoms with Crippen LogP contribution in [0.25, 0.3) is 0 Å². The molecule has 0 spiro atoms. The number of halogens is 2. The Labute approximate surface area is 103 Å². The molecule has 1 aromatic rings. The van der Waals surface area contributed by atoms with Crippen molar-refractivity contribution in [2.75, 3.05) is 6.61 Å². The number of ether oxygens (including phenoxy) is 1. The van der Waals surface area contributed by atoms with Gasteiger partial charge in [0.25, 0.3) is 6.43 Å². The number of carbonyl (C=O) groups excluding carboxylic acids is 1. The molecular weight excluding hydrogens is 242 g/mol. The molecule has 0 atom stereocenters. The van der Waals surface area contributed by atoms with E-state index in [1.54, 1.807) is 13.0 Å². The van der Waals surface area contributed by atoms with E-state index in [9.17, 15) is 13.6 Å². The Balaban J connectivity index is 3.08. The number of carbonyl (C=O) groups is 1. The van der Waals surface area contributed by atoms with Crippen molar-refractivity contribution < 1.29 is 18.3 Å². The van der Waals surface area contributed by atoms with E-state index in [4.69, 9.17) is 10.00 Å². The molecule has 0 aliphatic carbocycles. The minimum Gasteiger partial charge on any atom is -0.466 e. The van der Waals surface area contributed by atoms with Gasteiger partial charge in [-0.15, -0.1) is 0 Å². The number of nitriles is 1. The predicted molar refractivity (Wildman–Crippen MR) is 59.0 cm³/mol. The lowest BCUT2D eigenvalue weighted by Crippen LogP contribution is -2.10. The molecule has 6 heteroatoms. The zero-order chi connectivity index (χ0) is 13.7. The lowest BCUT2D eigenvalue weighted by molar-refractivity contribution is -0.142. The molecule has 18 heavy (non-hydrogen) atoms. The molecule has 0 N–H and O–H groups in total. The molecule has 0 saturated carbocycles. The first kappa shape index (κ1) is 14.0. The molecule has 0 radical (unpaired) electrons. The second-order valence-electron chi connectivity index (χ2n) is 3.55. The standard InChI is InChI=1S/C12H12F2N2O2/c1-3-18-10(17)5-9-4-8(6-15)11(12(13)14)7(2)16-9/h4,12H,3,5H2,1-2H3. The zero-order valence-electron chi connectivity index (χ0n) is 10.0. The van der Waals surface area contributed by atoms with Crippen LogP contribution in [0.3, 0.4) is 0 Å². The molecule has 4 nitrogen and oxygen atoms in total. The maximum absolute atomic E-state index is 12.7. The van der Waals surface area contributed by atoms with Gasteiger partial charge in [-0.3, -0.25) is 9.78 Å². The van der Waals surface area contributed by atoms with E-state index in [1.807, 2.05) is 0 Å². The fourth-order valence-corrected chi connectivity index (χ4v) is 1.57. The third-order valence-electron chi connectivity index (χ3n) is 2.27. The Morgan fingerprint density at radius 3 is 2.78 bits per heavy atom. The van der Waals surface area contributed by atoms with Gasteiger partial charge in [0.05, 0.1) is 35.9 Å². The van der Waals surface area contributed by atoms with Gasteiger partial charge in [-0.25, -0.2) is 8.78 Å². The number of esters is 1. The molecule has 0 fully saturated rings. The number of rotatable bonds is 4. The van der Waals surface area contributed by atoms with Gasteiger partial charge in [0.2, 0.25) is 0 Å². The Hall–Kier alpha value is -2.03. The van der Waals surface area contributed by atoms with Crippen molar-refractivity contribution in [3.05, 3.63) is 28.6 Å². The average molecular weight is 254 g/mol. The van der Waals surface area contributed by atoms with Crippen molar-refractivity contribution in [3.8, 4) is 6.07 Å². The minimum atomic E-state index is -2.76. The summed E-state index contributed by atoms with van der Waals surface area (Å²) >= 11 is 0. The summed E-state index contributed by atoms with van der Waals surface area (Å²) in [6, 6.07) is 2.89. The largest absolute Gasteiger partial charge is 0.466 e. The summed E-state index contributed by atoms with van der Waals surface area (Å²) < 4.78 is 30.1. The Kier molecular flexibility index (Phi) is 4.72. The van der Waals surface area contributed by atoms with Gasteiger partial charge >= 0.3 is 5.97 Å². The number of aryl methyl sites for hydroxylation is 1. The molecule has 0 unspecified atom stereocenters. The summed E-state index contributed by atoms with van der Waals surface area (Å²) in [5, 5.41) is 8.83. The fraction of sp³-hybridized carbons (Fsp3) is 0.417. The number of hydrogen-bond donors (Lipinski definition) is 0. The summed E-state index contributed by atoms with van der Waals surface area (Å²) in [5.74, 6) is -0.502. The molecule has 96 valence electrons. The summed E-state index contributed by atoms with van der Waals surface area (Å²) in [6.07, 6.45) is -2.89. The van der Waals surface area contributed by atoms with Crippen LogP contribution in [0.5, 0.6) is 0 Å². The topological polar surface area (TPSA) is 63.0 Å². The minimum absolute atomic E-state index is 0.0587. The van der Waals surface area contributed by atoms with Crippen LogP contribution in [-0.2, 0) is 16.0 Å². The van der Waals surface area contributed by atoms with Crippen LogP contribution in [0, 0.1) is 18.3 Å². The molecule has 0 aliphatic rings. The van der Waals surface area contributed by atoms with E-state index in [1.165, 1.54) is 13.0 Å². The van der Waals surface area contributed by atoms with Gasteiger partial charge in [-0.1, -0.05) is 0 Å². The monoisotopic (exact) mass is 254 g/mol. The highest BCUT2D eigenvalue weighted by Crippen LogP contribution is 2.25. The normalized spacial score (nSPS) is 10.2. The molecule has 0 aliphatic heterocycles. The third kappa shape index (κ3) is 3.23. The summed E-state index contributed by atoms with van der Waals surface area (Å²) in [5.41, 5.74) is -0.225. The number of aromatic nitrogens is 1. The number of pyridine rings is 1. The van der Waals surface area contributed by atoms with Crippen LogP contribution >= 0.6 is 0 Å². The molecule has 1 aromatic heterocycles. The van der Waals surface area contributed by atoms with Crippen LogP contribution in [0.1, 0.15) is 35.9 Å². The van der Waals surface area contributed by atoms with Crippen LogP contribution in [0.15, 0.2) is 6.07 Å². The van der Waals surface area contributed by atoms with Gasteiger partial charge in [-0.05, 0) is 19.9 Å².